The summed E-state index contributed by atoms with van der Waals surface area (Å²) in [5, 5.41) is 30.6. The van der Waals surface area contributed by atoms with Gasteiger partial charge in [-0.2, -0.15) is 0 Å². The summed E-state index contributed by atoms with van der Waals surface area (Å²) in [7, 11) is 0. The second kappa shape index (κ2) is 8.78. The number of aliphatic hydroxyl groups is 3. The molecule has 4 fully saturated rings. The summed E-state index contributed by atoms with van der Waals surface area (Å²) in [5.41, 5.74) is 3.19. The third-order valence-electron chi connectivity index (χ3n) is 9.07. The molecule has 0 aromatic heterocycles. The summed E-state index contributed by atoms with van der Waals surface area (Å²) in [6.07, 6.45) is 11.5. The monoisotopic (exact) mass is 429 g/mol. The Bertz CT molecular complexity index is 754. The van der Waals surface area contributed by atoms with Crippen molar-refractivity contribution in [3.05, 3.63) is 35.5 Å². The second-order valence-electron chi connectivity index (χ2n) is 11.6. The Morgan fingerprint density at radius 1 is 1.19 bits per heavy atom. The van der Waals surface area contributed by atoms with Crippen LogP contribution in [0.5, 0.6) is 0 Å². The molecule has 1 heterocycles. The fraction of sp³-hybridized carbons (Fsp3) is 0.778. The number of allylic oxidation sites excluding steroid dienone is 3. The molecule has 3 N–H and O–H groups in total. The van der Waals surface area contributed by atoms with Gasteiger partial charge in [0.05, 0.1) is 17.8 Å². The molecule has 0 spiro atoms. The van der Waals surface area contributed by atoms with Crippen LogP contribution >= 0.6 is 0 Å². The maximum atomic E-state index is 10.3. The number of hydrogen-bond donors (Lipinski definition) is 3. The Balaban J connectivity index is 1.47. The van der Waals surface area contributed by atoms with E-state index in [4.69, 9.17) is 0 Å². The summed E-state index contributed by atoms with van der Waals surface area (Å²) in [6, 6.07) is 0. The lowest BCUT2D eigenvalue weighted by Crippen LogP contribution is -2.40. The van der Waals surface area contributed by atoms with Crippen LogP contribution in [0.2, 0.25) is 0 Å². The van der Waals surface area contributed by atoms with Crippen molar-refractivity contribution in [3.63, 3.8) is 0 Å². The predicted molar refractivity (Wildman–Crippen MR) is 126 cm³/mol. The van der Waals surface area contributed by atoms with Crippen LogP contribution < -0.4 is 0 Å². The fourth-order valence-corrected chi connectivity index (χ4v) is 7.41. The van der Waals surface area contributed by atoms with E-state index in [0.717, 1.165) is 49.5 Å². The van der Waals surface area contributed by atoms with Crippen molar-refractivity contribution in [2.75, 3.05) is 19.6 Å². The minimum Gasteiger partial charge on any atom is -0.393 e. The normalized spacial score (nSPS) is 45.4. The third kappa shape index (κ3) is 4.73. The van der Waals surface area contributed by atoms with Gasteiger partial charge in [0.1, 0.15) is 0 Å². The average Bonchev–Trinajstić information content (AvgIpc) is 3.22. The van der Waals surface area contributed by atoms with Gasteiger partial charge in [0.15, 0.2) is 0 Å². The number of aliphatic hydroxyl groups excluding tert-OH is 2. The highest BCUT2D eigenvalue weighted by molar-refractivity contribution is 5.38. The minimum atomic E-state index is -0.618. The fourth-order valence-electron chi connectivity index (χ4n) is 7.41. The first-order valence-corrected chi connectivity index (χ1v) is 12.5. The Labute approximate surface area is 188 Å². The zero-order valence-corrected chi connectivity index (χ0v) is 19.8. The van der Waals surface area contributed by atoms with Crippen LogP contribution in [0.15, 0.2) is 35.5 Å². The molecule has 4 aliphatic rings. The molecule has 31 heavy (non-hydrogen) atoms. The molecule has 0 amide bonds. The second-order valence-corrected chi connectivity index (χ2v) is 11.6. The standard InChI is InChI=1S/C27H43NO3/c1-18(16-28-13-12-26(3,31)17-28)23-9-10-24-20(6-5-11-27(23,24)4)7-8-21-14-22(29)15-25(30)19(21)2/h7-8,18,22-25,29-31H,2,5-6,9-17H2,1,3-4H3/b20-7+,21-8-/t18?,22-,23-,24+,25+,26-,27-/m1/s1. The molecule has 7 atom stereocenters. The molecule has 4 heteroatoms. The first-order chi connectivity index (χ1) is 14.6. The topological polar surface area (TPSA) is 63.9 Å². The van der Waals surface area contributed by atoms with Crippen LogP contribution in [-0.2, 0) is 0 Å². The number of rotatable bonds is 4. The van der Waals surface area contributed by atoms with E-state index in [1.807, 2.05) is 6.92 Å². The molecule has 1 aliphatic heterocycles. The highest BCUT2D eigenvalue weighted by atomic mass is 16.3. The van der Waals surface area contributed by atoms with E-state index >= 15 is 0 Å². The van der Waals surface area contributed by atoms with Crippen LogP contribution in [-0.4, -0.2) is 57.7 Å². The molecule has 3 saturated carbocycles. The van der Waals surface area contributed by atoms with E-state index in [2.05, 4.69) is 37.5 Å². The molecule has 174 valence electrons. The molecule has 4 nitrogen and oxygen atoms in total. The SMILES string of the molecule is C=C1/C(=C\C=C2/CCC[C@]3(C)[C@@H](C(C)CN4CC[C@@](C)(O)C4)CC[C@@H]23)C[C@@H](O)C[C@@H]1O. The van der Waals surface area contributed by atoms with Gasteiger partial charge in [-0.15, -0.1) is 0 Å². The van der Waals surface area contributed by atoms with Crippen molar-refractivity contribution in [1.29, 1.82) is 0 Å². The maximum Gasteiger partial charge on any atom is 0.0811 e. The van der Waals surface area contributed by atoms with Crippen molar-refractivity contribution in [2.45, 2.75) is 89.9 Å². The van der Waals surface area contributed by atoms with Crippen LogP contribution in [0, 0.1) is 23.2 Å². The van der Waals surface area contributed by atoms with Gasteiger partial charge in [-0.3, -0.25) is 0 Å². The number of likely N-dealkylation sites (tertiary alicyclic amines) is 1. The van der Waals surface area contributed by atoms with Crippen LogP contribution in [0.3, 0.4) is 0 Å². The molecular formula is C27H43NO3. The molecule has 1 unspecified atom stereocenters. The van der Waals surface area contributed by atoms with E-state index < -0.39 is 17.8 Å². The van der Waals surface area contributed by atoms with E-state index in [-0.39, 0.29) is 0 Å². The molecule has 4 rings (SSSR count). The van der Waals surface area contributed by atoms with E-state index in [9.17, 15) is 15.3 Å². The number of nitrogens with zero attached hydrogens (tertiary/aromatic N) is 1. The molecule has 3 aliphatic carbocycles. The largest absolute Gasteiger partial charge is 0.393 e. The Hall–Kier alpha value is -0.940. The Kier molecular flexibility index (Phi) is 6.58. The molecule has 0 aromatic rings. The van der Waals surface area contributed by atoms with Crippen molar-refractivity contribution >= 4 is 0 Å². The lowest BCUT2D eigenvalue weighted by Gasteiger charge is -2.45. The van der Waals surface area contributed by atoms with Gasteiger partial charge in [0, 0.05) is 26.1 Å². The Morgan fingerprint density at radius 3 is 2.68 bits per heavy atom. The van der Waals surface area contributed by atoms with Crippen molar-refractivity contribution in [3.8, 4) is 0 Å². The predicted octanol–water partition coefficient (Wildman–Crippen LogP) is 4.22. The summed E-state index contributed by atoms with van der Waals surface area (Å²) in [6.45, 7) is 13.9. The van der Waals surface area contributed by atoms with Gasteiger partial charge in [-0.05, 0) is 86.2 Å². The van der Waals surface area contributed by atoms with Crippen LogP contribution in [0.4, 0.5) is 0 Å². The van der Waals surface area contributed by atoms with Crippen molar-refractivity contribution < 1.29 is 15.3 Å². The van der Waals surface area contributed by atoms with Crippen LogP contribution in [0.1, 0.15) is 72.1 Å². The molecule has 0 radical (unpaired) electrons. The highest BCUT2D eigenvalue weighted by Crippen LogP contribution is 2.59. The molecular weight excluding hydrogens is 386 g/mol. The minimum absolute atomic E-state index is 0.354. The van der Waals surface area contributed by atoms with E-state index in [1.165, 1.54) is 25.7 Å². The van der Waals surface area contributed by atoms with Crippen LogP contribution in [0.25, 0.3) is 0 Å². The molecule has 0 aromatic carbocycles. The van der Waals surface area contributed by atoms with Gasteiger partial charge >= 0.3 is 0 Å². The maximum absolute atomic E-state index is 10.3. The lowest BCUT2D eigenvalue weighted by atomic mass is 9.61. The average molecular weight is 430 g/mol. The number of fused-ring (bicyclic) bond motifs is 1. The van der Waals surface area contributed by atoms with Crippen molar-refractivity contribution in [2.24, 2.45) is 23.2 Å². The zero-order chi connectivity index (χ0) is 22.4. The summed E-state index contributed by atoms with van der Waals surface area (Å²) in [5.74, 6) is 2.01. The third-order valence-corrected chi connectivity index (χ3v) is 9.07. The molecule has 1 saturated heterocycles. The van der Waals surface area contributed by atoms with Gasteiger partial charge < -0.3 is 20.2 Å². The first-order valence-electron chi connectivity index (χ1n) is 12.5. The number of hydrogen-bond acceptors (Lipinski definition) is 4. The quantitative estimate of drug-likeness (QED) is 0.626. The molecule has 0 bridgehead atoms. The summed E-state index contributed by atoms with van der Waals surface area (Å²) < 4.78 is 0. The van der Waals surface area contributed by atoms with Gasteiger partial charge in [0.2, 0.25) is 0 Å². The van der Waals surface area contributed by atoms with E-state index in [1.54, 1.807) is 5.57 Å². The Morgan fingerprint density at radius 2 is 1.97 bits per heavy atom. The van der Waals surface area contributed by atoms with Gasteiger partial charge in [-0.25, -0.2) is 0 Å². The summed E-state index contributed by atoms with van der Waals surface area (Å²) >= 11 is 0. The van der Waals surface area contributed by atoms with Crippen molar-refractivity contribution in [1.82, 2.24) is 4.90 Å². The highest BCUT2D eigenvalue weighted by Gasteiger charge is 2.51. The summed E-state index contributed by atoms with van der Waals surface area (Å²) in [4.78, 5) is 2.47. The lowest BCUT2D eigenvalue weighted by molar-refractivity contribution is 0.0549. The smallest absolute Gasteiger partial charge is 0.0811 e. The van der Waals surface area contributed by atoms with Gasteiger partial charge in [-0.1, -0.05) is 38.2 Å². The number of β-amino-alcohol motifs (C(OH)–C–C–N with tert-alkyl or cyclic N) is 1. The van der Waals surface area contributed by atoms with Gasteiger partial charge in [0.25, 0.3) is 0 Å². The zero-order valence-electron chi connectivity index (χ0n) is 19.8. The first kappa shape index (κ1) is 23.2. The van der Waals surface area contributed by atoms with E-state index in [0.29, 0.717) is 30.1 Å².